The number of fused-ring (bicyclic) bond motifs is 1. The van der Waals surface area contributed by atoms with Gasteiger partial charge in [0.1, 0.15) is 11.4 Å². The molecule has 0 radical (unpaired) electrons. The van der Waals surface area contributed by atoms with Crippen LogP contribution in [0, 0.1) is 5.82 Å². The highest BCUT2D eigenvalue weighted by molar-refractivity contribution is 5.89. The Hall–Kier alpha value is -3.71. The normalized spacial score (nSPS) is 18.1. The van der Waals surface area contributed by atoms with Crippen molar-refractivity contribution in [3.05, 3.63) is 106 Å². The first-order valence-corrected chi connectivity index (χ1v) is 15.4. The van der Waals surface area contributed by atoms with Crippen molar-refractivity contribution in [1.82, 2.24) is 9.80 Å². The smallest absolute Gasteiger partial charge is 0.410 e. The molecule has 0 saturated heterocycles. The molecule has 0 aromatic heterocycles. The zero-order valence-corrected chi connectivity index (χ0v) is 25.8. The van der Waals surface area contributed by atoms with Gasteiger partial charge in [-0.15, -0.1) is 0 Å². The molecule has 7 heteroatoms. The van der Waals surface area contributed by atoms with Gasteiger partial charge in [0.25, 0.3) is 0 Å². The van der Waals surface area contributed by atoms with Crippen LogP contribution >= 0.6 is 0 Å². The van der Waals surface area contributed by atoms with Crippen molar-refractivity contribution in [1.29, 1.82) is 0 Å². The third-order valence-electron chi connectivity index (χ3n) is 8.20. The number of aryl methyl sites for hydroxylation is 1. The summed E-state index contributed by atoms with van der Waals surface area (Å²) in [7, 11) is 0. The summed E-state index contributed by atoms with van der Waals surface area (Å²) in [6.45, 7) is 11.3. The van der Waals surface area contributed by atoms with Crippen LogP contribution in [0.1, 0.15) is 84.6 Å². The van der Waals surface area contributed by atoms with Crippen molar-refractivity contribution in [2.45, 2.75) is 84.0 Å². The molecule has 1 heterocycles. The Balaban J connectivity index is 1.17. The Morgan fingerprint density at radius 2 is 1.70 bits per heavy atom. The number of hydrogen-bond acceptors (Lipinski definition) is 5. The fraction of sp³-hybridized carbons (Fsp3) is 0.444. The minimum absolute atomic E-state index is 0.0354. The summed E-state index contributed by atoms with van der Waals surface area (Å²) < 4.78 is 24.3. The third kappa shape index (κ3) is 8.23. The van der Waals surface area contributed by atoms with Crippen LogP contribution in [0.4, 0.5) is 9.18 Å². The van der Waals surface area contributed by atoms with Gasteiger partial charge in [-0.2, -0.15) is 0 Å². The predicted octanol–water partition coefficient (Wildman–Crippen LogP) is 7.29. The number of rotatable bonds is 10. The summed E-state index contributed by atoms with van der Waals surface area (Å²) in [5.41, 5.74) is 6.08. The molecule has 0 N–H and O–H groups in total. The molecule has 1 fully saturated rings. The van der Waals surface area contributed by atoms with Gasteiger partial charge in [0.2, 0.25) is 0 Å². The Labute approximate surface area is 254 Å². The molecular weight excluding hydrogens is 543 g/mol. The molecule has 5 rings (SSSR count). The van der Waals surface area contributed by atoms with E-state index in [4.69, 9.17) is 9.47 Å². The second-order valence-corrected chi connectivity index (χ2v) is 12.7. The number of halogens is 1. The van der Waals surface area contributed by atoms with E-state index in [0.717, 1.165) is 56.4 Å². The van der Waals surface area contributed by atoms with Crippen LogP contribution in [0.15, 0.2) is 66.7 Å². The van der Waals surface area contributed by atoms with Crippen molar-refractivity contribution in [3.63, 3.8) is 0 Å². The monoisotopic (exact) mass is 586 g/mol. The van der Waals surface area contributed by atoms with E-state index < -0.39 is 5.60 Å². The lowest BCUT2D eigenvalue weighted by atomic mass is 9.96. The van der Waals surface area contributed by atoms with Crippen LogP contribution in [-0.4, -0.2) is 53.2 Å². The first kappa shape index (κ1) is 30.7. The molecule has 2 aliphatic rings. The van der Waals surface area contributed by atoms with E-state index in [2.05, 4.69) is 23.1 Å². The molecule has 1 aliphatic heterocycles. The maximum absolute atomic E-state index is 13.5. The maximum atomic E-state index is 13.5. The Morgan fingerprint density at radius 3 is 2.40 bits per heavy atom. The van der Waals surface area contributed by atoms with E-state index in [-0.39, 0.29) is 29.8 Å². The van der Waals surface area contributed by atoms with E-state index >= 15 is 0 Å². The van der Waals surface area contributed by atoms with E-state index in [0.29, 0.717) is 18.7 Å². The molecule has 1 amide bonds. The highest BCUT2D eigenvalue weighted by Crippen LogP contribution is 2.45. The lowest BCUT2D eigenvalue weighted by Gasteiger charge is -2.30. The third-order valence-corrected chi connectivity index (χ3v) is 8.20. The van der Waals surface area contributed by atoms with E-state index in [1.54, 1.807) is 0 Å². The fourth-order valence-corrected chi connectivity index (χ4v) is 5.91. The largest absolute Gasteiger partial charge is 0.462 e. The van der Waals surface area contributed by atoms with Gasteiger partial charge in [0.05, 0.1) is 12.2 Å². The average molecular weight is 587 g/mol. The maximum Gasteiger partial charge on any atom is 0.410 e. The average Bonchev–Trinajstić information content (AvgIpc) is 3.76. The standard InChI is InChI=1S/C36H43FN2O4/c1-5-42-34(40)28-11-8-25(9-12-28)7-6-19-38-20-18-29-21-26(10-13-30(29)24-38)23-39(35(41)43-36(2,3)4)33-22-32(33)27-14-16-31(37)17-15-27/h8-17,21,32-33H,5-7,18-20,22-24H2,1-4H3. The quantitative estimate of drug-likeness (QED) is 0.234. The second kappa shape index (κ2) is 13.3. The van der Waals surface area contributed by atoms with Crippen LogP contribution in [-0.2, 0) is 35.4 Å². The summed E-state index contributed by atoms with van der Waals surface area (Å²) in [5.74, 6) is -0.335. The first-order chi connectivity index (χ1) is 20.6. The SMILES string of the molecule is CCOC(=O)c1ccc(CCCN2CCc3cc(CN(C(=O)OC(C)(C)C)C4CC4c4ccc(F)cc4)ccc3C2)cc1. The first-order valence-electron chi connectivity index (χ1n) is 15.4. The highest BCUT2D eigenvalue weighted by Gasteiger charge is 2.46. The van der Waals surface area contributed by atoms with Crippen LogP contribution < -0.4 is 0 Å². The number of amides is 1. The van der Waals surface area contributed by atoms with Gasteiger partial charge in [-0.25, -0.2) is 14.0 Å². The van der Waals surface area contributed by atoms with Gasteiger partial charge < -0.3 is 14.4 Å². The molecule has 3 aromatic rings. The van der Waals surface area contributed by atoms with Gasteiger partial charge in [-0.1, -0.05) is 42.5 Å². The second-order valence-electron chi connectivity index (χ2n) is 12.7. The van der Waals surface area contributed by atoms with Crippen molar-refractivity contribution in [2.75, 3.05) is 19.7 Å². The number of hydrogen-bond donors (Lipinski definition) is 0. The number of carbonyl (C=O) groups excluding carboxylic acids is 2. The summed E-state index contributed by atoms with van der Waals surface area (Å²) in [4.78, 5) is 29.5. The molecule has 43 heavy (non-hydrogen) atoms. The summed E-state index contributed by atoms with van der Waals surface area (Å²) in [6.07, 6.45) is 3.53. The van der Waals surface area contributed by atoms with E-state index in [1.165, 1.54) is 28.8 Å². The minimum atomic E-state index is -0.582. The van der Waals surface area contributed by atoms with Crippen molar-refractivity contribution in [3.8, 4) is 0 Å². The Morgan fingerprint density at radius 1 is 0.977 bits per heavy atom. The number of ether oxygens (including phenoxy) is 2. The van der Waals surface area contributed by atoms with Crippen LogP contribution in [0.2, 0.25) is 0 Å². The Kier molecular flexibility index (Phi) is 9.50. The minimum Gasteiger partial charge on any atom is -0.462 e. The lowest BCUT2D eigenvalue weighted by Crippen LogP contribution is -2.38. The molecule has 1 aliphatic carbocycles. The molecule has 1 saturated carbocycles. The zero-order chi connectivity index (χ0) is 30.6. The predicted molar refractivity (Wildman–Crippen MR) is 165 cm³/mol. The van der Waals surface area contributed by atoms with Crippen molar-refractivity contribution >= 4 is 12.1 Å². The zero-order valence-electron chi connectivity index (χ0n) is 25.8. The number of benzene rings is 3. The van der Waals surface area contributed by atoms with Gasteiger partial charge >= 0.3 is 12.1 Å². The highest BCUT2D eigenvalue weighted by atomic mass is 19.1. The topological polar surface area (TPSA) is 59.1 Å². The molecule has 2 atom stereocenters. The molecule has 0 bridgehead atoms. The molecule has 6 nitrogen and oxygen atoms in total. The molecule has 2 unspecified atom stereocenters. The summed E-state index contributed by atoms with van der Waals surface area (Å²) in [5, 5.41) is 0. The van der Waals surface area contributed by atoms with Gasteiger partial charge in [-0.05, 0) is 112 Å². The van der Waals surface area contributed by atoms with Gasteiger partial charge in [-0.3, -0.25) is 4.90 Å². The lowest BCUT2D eigenvalue weighted by molar-refractivity contribution is 0.0212. The van der Waals surface area contributed by atoms with Crippen molar-refractivity contribution < 1.29 is 23.5 Å². The molecule has 3 aromatic carbocycles. The van der Waals surface area contributed by atoms with Gasteiger partial charge in [0.15, 0.2) is 0 Å². The van der Waals surface area contributed by atoms with Crippen LogP contribution in [0.5, 0.6) is 0 Å². The fourth-order valence-electron chi connectivity index (χ4n) is 5.91. The van der Waals surface area contributed by atoms with Crippen molar-refractivity contribution in [2.24, 2.45) is 0 Å². The number of nitrogens with zero attached hydrogens (tertiary/aromatic N) is 2. The summed E-state index contributed by atoms with van der Waals surface area (Å²) >= 11 is 0. The molecular formula is C36H43FN2O4. The number of carbonyl (C=O) groups is 2. The van der Waals surface area contributed by atoms with E-state index in [1.807, 2.05) is 69.0 Å². The number of esters is 1. The summed E-state index contributed by atoms with van der Waals surface area (Å²) in [6, 6.07) is 21.0. The molecule has 0 spiro atoms. The van der Waals surface area contributed by atoms with Gasteiger partial charge in [0, 0.05) is 31.6 Å². The Bertz CT molecular complexity index is 1410. The molecule has 228 valence electrons. The van der Waals surface area contributed by atoms with Crippen LogP contribution in [0.3, 0.4) is 0 Å². The van der Waals surface area contributed by atoms with E-state index in [9.17, 15) is 14.0 Å². The van der Waals surface area contributed by atoms with Crippen LogP contribution in [0.25, 0.3) is 0 Å².